The SMILES string of the molecule is CO[C@@]1(C)C[C@H](c2ccc([N+](=O)[O-])cc2)C(C#N)=C(c2ccccc2)O1. The van der Waals surface area contributed by atoms with Crippen LogP contribution >= 0.6 is 0 Å². The summed E-state index contributed by atoms with van der Waals surface area (Å²) in [7, 11) is 1.56. The molecule has 0 bridgehead atoms. The van der Waals surface area contributed by atoms with E-state index in [2.05, 4.69) is 6.07 Å². The van der Waals surface area contributed by atoms with Gasteiger partial charge in [-0.3, -0.25) is 10.1 Å². The second-order valence-electron chi connectivity index (χ2n) is 6.27. The summed E-state index contributed by atoms with van der Waals surface area (Å²) < 4.78 is 11.6. The lowest BCUT2D eigenvalue weighted by Crippen LogP contribution is -2.37. The van der Waals surface area contributed by atoms with Crippen LogP contribution in [0, 0.1) is 21.4 Å². The molecule has 0 amide bonds. The Bertz CT molecular complexity index is 884. The van der Waals surface area contributed by atoms with Gasteiger partial charge in [-0.1, -0.05) is 42.5 Å². The third kappa shape index (κ3) is 3.30. The maximum Gasteiger partial charge on any atom is 0.269 e. The summed E-state index contributed by atoms with van der Waals surface area (Å²) in [5.41, 5.74) is 2.10. The average Bonchev–Trinajstić information content (AvgIpc) is 2.68. The number of non-ortho nitro benzene ring substituents is 1. The molecule has 26 heavy (non-hydrogen) atoms. The number of allylic oxidation sites excluding steroid dienone is 1. The predicted molar refractivity (Wildman–Crippen MR) is 95.9 cm³/mol. The number of hydrogen-bond donors (Lipinski definition) is 0. The van der Waals surface area contributed by atoms with E-state index in [1.807, 2.05) is 37.3 Å². The van der Waals surface area contributed by atoms with E-state index in [1.165, 1.54) is 12.1 Å². The lowest BCUT2D eigenvalue weighted by Gasteiger charge is -2.38. The van der Waals surface area contributed by atoms with Gasteiger partial charge in [-0.25, -0.2) is 0 Å². The van der Waals surface area contributed by atoms with E-state index < -0.39 is 10.7 Å². The van der Waals surface area contributed by atoms with Gasteiger partial charge in [0.1, 0.15) is 5.76 Å². The van der Waals surface area contributed by atoms with E-state index in [1.54, 1.807) is 19.2 Å². The lowest BCUT2D eigenvalue weighted by molar-refractivity contribution is -0.384. The largest absolute Gasteiger partial charge is 0.461 e. The van der Waals surface area contributed by atoms with Crippen LogP contribution < -0.4 is 0 Å². The van der Waals surface area contributed by atoms with Gasteiger partial charge in [0.2, 0.25) is 5.79 Å². The summed E-state index contributed by atoms with van der Waals surface area (Å²) in [6, 6.07) is 17.9. The molecule has 0 N–H and O–H groups in total. The fraction of sp³-hybridized carbons (Fsp3) is 0.250. The van der Waals surface area contributed by atoms with Crippen molar-refractivity contribution < 1.29 is 14.4 Å². The molecule has 2 aromatic rings. The highest BCUT2D eigenvalue weighted by molar-refractivity contribution is 5.70. The molecule has 0 spiro atoms. The smallest absolute Gasteiger partial charge is 0.269 e. The molecule has 1 aliphatic rings. The molecular formula is C20H18N2O4. The molecule has 2 atom stereocenters. The minimum atomic E-state index is -0.905. The zero-order valence-corrected chi connectivity index (χ0v) is 14.5. The van der Waals surface area contributed by atoms with Gasteiger partial charge < -0.3 is 9.47 Å². The topological polar surface area (TPSA) is 85.4 Å². The molecule has 1 heterocycles. The van der Waals surface area contributed by atoms with Crippen molar-refractivity contribution in [3.05, 3.63) is 81.4 Å². The quantitative estimate of drug-likeness (QED) is 0.603. The van der Waals surface area contributed by atoms with Crippen LogP contribution in [0.3, 0.4) is 0 Å². The molecule has 132 valence electrons. The Labute approximate surface area is 151 Å². The molecule has 3 rings (SSSR count). The first-order valence-corrected chi connectivity index (χ1v) is 8.15. The number of nitro groups is 1. The van der Waals surface area contributed by atoms with Crippen molar-refractivity contribution in [2.24, 2.45) is 0 Å². The molecule has 0 radical (unpaired) electrons. The van der Waals surface area contributed by atoms with Crippen LogP contribution in [-0.2, 0) is 9.47 Å². The second kappa shape index (κ2) is 6.98. The Hall–Kier alpha value is -3.17. The first-order valence-electron chi connectivity index (χ1n) is 8.15. The van der Waals surface area contributed by atoms with Crippen LogP contribution in [0.2, 0.25) is 0 Å². The number of rotatable bonds is 4. The minimum absolute atomic E-state index is 0.0149. The van der Waals surface area contributed by atoms with Crippen LogP contribution in [-0.4, -0.2) is 17.8 Å². The Morgan fingerprint density at radius 2 is 1.88 bits per heavy atom. The van der Waals surface area contributed by atoms with Gasteiger partial charge in [0.05, 0.1) is 16.6 Å². The standard InChI is InChI=1S/C20H18N2O4/c1-20(25-2)12-17(14-8-10-16(11-9-14)22(23)24)18(13-21)19(26-20)15-6-4-3-5-7-15/h3-11,17H,12H2,1-2H3/t17-,20-/m1/s1. The molecule has 1 aliphatic heterocycles. The van der Waals surface area contributed by atoms with Gasteiger partial charge in [-0.05, 0) is 5.56 Å². The van der Waals surface area contributed by atoms with Gasteiger partial charge in [-0.2, -0.15) is 5.26 Å². The van der Waals surface area contributed by atoms with Crippen LogP contribution in [0.15, 0.2) is 60.2 Å². The molecular weight excluding hydrogens is 332 g/mol. The molecule has 6 heteroatoms. The van der Waals surface area contributed by atoms with E-state index in [0.717, 1.165) is 11.1 Å². The number of hydrogen-bond acceptors (Lipinski definition) is 5. The van der Waals surface area contributed by atoms with Crippen molar-refractivity contribution in [3.63, 3.8) is 0 Å². The molecule has 0 unspecified atom stereocenters. The lowest BCUT2D eigenvalue weighted by atomic mass is 9.82. The van der Waals surface area contributed by atoms with Crippen molar-refractivity contribution in [3.8, 4) is 6.07 Å². The molecule has 0 saturated heterocycles. The fourth-order valence-corrected chi connectivity index (χ4v) is 3.11. The molecule has 0 fully saturated rings. The normalized spacial score (nSPS) is 22.4. The van der Waals surface area contributed by atoms with Crippen molar-refractivity contribution in [2.45, 2.75) is 25.0 Å². The monoisotopic (exact) mass is 350 g/mol. The van der Waals surface area contributed by atoms with Gasteiger partial charge in [0.25, 0.3) is 5.69 Å². The summed E-state index contributed by atoms with van der Waals surface area (Å²) in [6.07, 6.45) is 0.431. The minimum Gasteiger partial charge on any atom is -0.461 e. The summed E-state index contributed by atoms with van der Waals surface area (Å²) in [6.45, 7) is 1.82. The van der Waals surface area contributed by atoms with E-state index >= 15 is 0 Å². The number of ether oxygens (including phenoxy) is 2. The summed E-state index contributed by atoms with van der Waals surface area (Å²) >= 11 is 0. The van der Waals surface area contributed by atoms with Crippen LogP contribution in [0.1, 0.15) is 30.4 Å². The zero-order valence-electron chi connectivity index (χ0n) is 14.5. The van der Waals surface area contributed by atoms with Crippen molar-refractivity contribution in [1.29, 1.82) is 5.26 Å². The molecule has 0 aromatic heterocycles. The first-order chi connectivity index (χ1) is 12.5. The number of nitriles is 1. The van der Waals surface area contributed by atoms with Gasteiger partial charge >= 0.3 is 0 Å². The number of nitro benzene ring substituents is 1. The van der Waals surface area contributed by atoms with E-state index in [4.69, 9.17) is 9.47 Å². The van der Waals surface area contributed by atoms with Crippen LogP contribution in [0.4, 0.5) is 5.69 Å². The molecule has 6 nitrogen and oxygen atoms in total. The molecule has 0 aliphatic carbocycles. The Morgan fingerprint density at radius 1 is 1.23 bits per heavy atom. The van der Waals surface area contributed by atoms with Gasteiger partial charge in [0.15, 0.2) is 0 Å². The third-order valence-corrected chi connectivity index (χ3v) is 4.58. The summed E-state index contributed by atoms with van der Waals surface area (Å²) in [5, 5.41) is 20.7. The molecule has 2 aromatic carbocycles. The third-order valence-electron chi connectivity index (χ3n) is 4.58. The van der Waals surface area contributed by atoms with E-state index in [-0.39, 0.29) is 11.6 Å². The van der Waals surface area contributed by atoms with Crippen LogP contribution in [0.25, 0.3) is 5.76 Å². The van der Waals surface area contributed by atoms with Gasteiger partial charge in [-0.15, -0.1) is 0 Å². The highest BCUT2D eigenvalue weighted by Gasteiger charge is 2.40. The molecule has 0 saturated carbocycles. The maximum absolute atomic E-state index is 10.9. The highest BCUT2D eigenvalue weighted by atomic mass is 16.7. The Balaban J connectivity index is 2.12. The summed E-state index contributed by atoms with van der Waals surface area (Å²) in [4.78, 5) is 10.5. The first kappa shape index (κ1) is 17.6. The average molecular weight is 350 g/mol. The highest BCUT2D eigenvalue weighted by Crippen LogP contribution is 2.45. The zero-order chi connectivity index (χ0) is 18.7. The summed E-state index contributed by atoms with van der Waals surface area (Å²) in [5.74, 6) is -0.709. The Morgan fingerprint density at radius 3 is 2.42 bits per heavy atom. The predicted octanol–water partition coefficient (Wildman–Crippen LogP) is 4.40. The van der Waals surface area contributed by atoms with Crippen LogP contribution in [0.5, 0.6) is 0 Å². The van der Waals surface area contributed by atoms with Crippen molar-refractivity contribution in [2.75, 3.05) is 7.11 Å². The maximum atomic E-state index is 10.9. The van der Waals surface area contributed by atoms with E-state index in [0.29, 0.717) is 17.8 Å². The van der Waals surface area contributed by atoms with Gasteiger partial charge in [0, 0.05) is 44.1 Å². The van der Waals surface area contributed by atoms with Crippen molar-refractivity contribution in [1.82, 2.24) is 0 Å². The fourth-order valence-electron chi connectivity index (χ4n) is 3.11. The second-order valence-corrected chi connectivity index (χ2v) is 6.27. The number of nitrogens with zero attached hydrogens (tertiary/aromatic N) is 2. The van der Waals surface area contributed by atoms with E-state index in [9.17, 15) is 15.4 Å². The number of benzene rings is 2. The van der Waals surface area contributed by atoms with Crippen molar-refractivity contribution >= 4 is 11.4 Å². The Kier molecular flexibility index (Phi) is 4.74. The number of methoxy groups -OCH3 is 1.